The lowest BCUT2D eigenvalue weighted by atomic mass is 10.2. The number of hydrogen-bond acceptors (Lipinski definition) is 4. The van der Waals surface area contributed by atoms with Gasteiger partial charge in [0.1, 0.15) is 5.69 Å². The van der Waals surface area contributed by atoms with E-state index in [9.17, 15) is 18.0 Å². The first-order valence-electron chi connectivity index (χ1n) is 4.97. The lowest BCUT2D eigenvalue weighted by Crippen LogP contribution is -2.09. The molecule has 0 aromatic carbocycles. The number of carbonyl (C=O) groups is 1. The van der Waals surface area contributed by atoms with Gasteiger partial charge in [-0.25, -0.2) is 14.8 Å². The molecule has 0 aliphatic rings. The van der Waals surface area contributed by atoms with Gasteiger partial charge in [-0.2, -0.15) is 13.2 Å². The molecule has 0 atom stereocenters. The Morgan fingerprint density at radius 1 is 1.16 bits per heavy atom. The Hall–Kier alpha value is -2.51. The molecule has 98 valence electrons. The quantitative estimate of drug-likeness (QED) is 0.904. The van der Waals surface area contributed by atoms with Gasteiger partial charge in [0.2, 0.25) is 0 Å². The molecular formula is C11H6F3N3O2. The second kappa shape index (κ2) is 4.63. The highest BCUT2D eigenvalue weighted by molar-refractivity contribution is 5.85. The summed E-state index contributed by atoms with van der Waals surface area (Å²) >= 11 is 0. The monoisotopic (exact) mass is 269 g/mol. The molecule has 0 saturated carbocycles. The Labute approximate surface area is 104 Å². The molecule has 0 saturated heterocycles. The minimum absolute atomic E-state index is 0.0285. The molecule has 2 heterocycles. The van der Waals surface area contributed by atoms with Crippen molar-refractivity contribution in [1.82, 2.24) is 15.0 Å². The van der Waals surface area contributed by atoms with Crippen molar-refractivity contribution in [1.29, 1.82) is 0 Å². The minimum Gasteiger partial charge on any atom is -0.477 e. The Balaban J connectivity index is 2.39. The van der Waals surface area contributed by atoms with E-state index in [-0.39, 0.29) is 17.0 Å². The summed E-state index contributed by atoms with van der Waals surface area (Å²) in [6.07, 6.45) is -1.69. The van der Waals surface area contributed by atoms with Gasteiger partial charge in [0, 0.05) is 11.8 Å². The van der Waals surface area contributed by atoms with Crippen LogP contribution in [0.25, 0.3) is 11.3 Å². The number of hydrogen-bond donors (Lipinski definition) is 1. The standard InChI is InChI=1S/C11H6F3N3O2/c12-11(13,14)9-5-15-4-8(17-9)6-1-2-7(10(18)19)16-3-6/h1-5H,(H,18,19). The van der Waals surface area contributed by atoms with Crippen LogP contribution in [-0.2, 0) is 6.18 Å². The molecule has 2 rings (SSSR count). The van der Waals surface area contributed by atoms with Gasteiger partial charge in [0.25, 0.3) is 0 Å². The van der Waals surface area contributed by atoms with E-state index in [0.717, 1.165) is 12.4 Å². The lowest BCUT2D eigenvalue weighted by molar-refractivity contribution is -0.141. The second-order valence-electron chi connectivity index (χ2n) is 3.52. The number of carboxylic acids is 1. The van der Waals surface area contributed by atoms with Crippen LogP contribution in [0.3, 0.4) is 0 Å². The summed E-state index contributed by atoms with van der Waals surface area (Å²) in [6.45, 7) is 0. The SMILES string of the molecule is O=C(O)c1ccc(-c2cncc(C(F)(F)F)n2)cn1. The van der Waals surface area contributed by atoms with Crippen molar-refractivity contribution in [3.8, 4) is 11.3 Å². The summed E-state index contributed by atoms with van der Waals surface area (Å²) in [5.41, 5.74) is -1.10. The van der Waals surface area contributed by atoms with Gasteiger partial charge < -0.3 is 5.11 Å². The highest BCUT2D eigenvalue weighted by Crippen LogP contribution is 2.28. The van der Waals surface area contributed by atoms with Crippen LogP contribution < -0.4 is 0 Å². The van der Waals surface area contributed by atoms with Gasteiger partial charge in [0.05, 0.1) is 18.1 Å². The van der Waals surface area contributed by atoms with Crippen molar-refractivity contribution in [3.05, 3.63) is 42.1 Å². The van der Waals surface area contributed by atoms with Crippen molar-refractivity contribution in [3.63, 3.8) is 0 Å². The van der Waals surface area contributed by atoms with Gasteiger partial charge in [0.15, 0.2) is 5.69 Å². The van der Waals surface area contributed by atoms with Crippen LogP contribution in [0.5, 0.6) is 0 Å². The first-order chi connectivity index (χ1) is 8.88. The molecule has 0 fully saturated rings. The zero-order valence-corrected chi connectivity index (χ0v) is 9.22. The van der Waals surface area contributed by atoms with E-state index in [1.54, 1.807) is 0 Å². The molecule has 19 heavy (non-hydrogen) atoms. The Morgan fingerprint density at radius 2 is 1.89 bits per heavy atom. The van der Waals surface area contributed by atoms with Crippen LogP contribution in [0.1, 0.15) is 16.2 Å². The van der Waals surface area contributed by atoms with Crippen molar-refractivity contribution >= 4 is 5.97 Å². The predicted octanol–water partition coefficient (Wildman–Crippen LogP) is 2.26. The maximum atomic E-state index is 12.5. The molecule has 0 bridgehead atoms. The van der Waals surface area contributed by atoms with Crippen molar-refractivity contribution in [2.75, 3.05) is 0 Å². The maximum Gasteiger partial charge on any atom is 0.434 e. The van der Waals surface area contributed by atoms with E-state index in [1.165, 1.54) is 12.1 Å². The zero-order chi connectivity index (χ0) is 14.0. The number of pyridine rings is 1. The number of rotatable bonds is 2. The average molecular weight is 269 g/mol. The molecule has 0 aliphatic carbocycles. The highest BCUT2D eigenvalue weighted by Gasteiger charge is 2.33. The lowest BCUT2D eigenvalue weighted by Gasteiger charge is -2.06. The van der Waals surface area contributed by atoms with E-state index >= 15 is 0 Å². The zero-order valence-electron chi connectivity index (χ0n) is 9.22. The van der Waals surface area contributed by atoms with Gasteiger partial charge in [-0.1, -0.05) is 0 Å². The number of alkyl halides is 3. The molecular weight excluding hydrogens is 263 g/mol. The van der Waals surface area contributed by atoms with Crippen LogP contribution >= 0.6 is 0 Å². The van der Waals surface area contributed by atoms with Gasteiger partial charge in [-0.3, -0.25) is 4.98 Å². The molecule has 5 nitrogen and oxygen atoms in total. The number of nitrogens with zero attached hydrogens (tertiary/aromatic N) is 3. The topological polar surface area (TPSA) is 76.0 Å². The first kappa shape index (κ1) is 12.9. The molecule has 1 N–H and O–H groups in total. The van der Waals surface area contributed by atoms with Gasteiger partial charge in [-0.05, 0) is 12.1 Å². The van der Waals surface area contributed by atoms with Crippen molar-refractivity contribution < 1.29 is 23.1 Å². The number of carboxylic acid groups (broad SMARTS) is 1. The van der Waals surface area contributed by atoms with Crippen LogP contribution in [-0.4, -0.2) is 26.0 Å². The van der Waals surface area contributed by atoms with Gasteiger partial charge in [-0.15, -0.1) is 0 Å². The highest BCUT2D eigenvalue weighted by atomic mass is 19.4. The van der Waals surface area contributed by atoms with Crippen molar-refractivity contribution in [2.45, 2.75) is 6.18 Å². The summed E-state index contributed by atoms with van der Waals surface area (Å²) in [5, 5.41) is 8.66. The molecule has 2 aromatic rings. The summed E-state index contributed by atoms with van der Waals surface area (Å²) in [7, 11) is 0. The smallest absolute Gasteiger partial charge is 0.434 e. The predicted molar refractivity (Wildman–Crippen MR) is 57.2 cm³/mol. The molecule has 0 radical (unpaired) electrons. The maximum absolute atomic E-state index is 12.5. The Bertz CT molecular complexity index is 611. The van der Waals surface area contributed by atoms with Gasteiger partial charge >= 0.3 is 12.1 Å². The molecule has 0 spiro atoms. The van der Waals surface area contributed by atoms with Crippen LogP contribution in [0.4, 0.5) is 13.2 Å². The fraction of sp³-hybridized carbons (Fsp3) is 0.0909. The molecule has 0 unspecified atom stereocenters. The summed E-state index contributed by atoms with van der Waals surface area (Å²) in [4.78, 5) is 21.1. The fourth-order valence-corrected chi connectivity index (χ4v) is 1.31. The first-order valence-corrected chi connectivity index (χ1v) is 4.97. The fourth-order valence-electron chi connectivity index (χ4n) is 1.31. The summed E-state index contributed by atoms with van der Waals surface area (Å²) in [5.74, 6) is -1.22. The van der Waals surface area contributed by atoms with Crippen molar-refractivity contribution in [2.24, 2.45) is 0 Å². The third kappa shape index (κ3) is 2.84. The average Bonchev–Trinajstić information content (AvgIpc) is 2.38. The minimum atomic E-state index is -4.59. The number of aromatic nitrogens is 3. The van der Waals surface area contributed by atoms with E-state index in [2.05, 4.69) is 15.0 Å². The third-order valence-electron chi connectivity index (χ3n) is 2.20. The van der Waals surface area contributed by atoms with Crippen LogP contribution in [0.15, 0.2) is 30.7 Å². The molecule has 0 aliphatic heterocycles. The Morgan fingerprint density at radius 3 is 2.42 bits per heavy atom. The normalized spacial score (nSPS) is 11.3. The molecule has 0 amide bonds. The molecule has 8 heteroatoms. The summed E-state index contributed by atoms with van der Waals surface area (Å²) in [6, 6.07) is 2.50. The Kier molecular flexibility index (Phi) is 3.16. The van der Waals surface area contributed by atoms with E-state index in [1.807, 2.05) is 0 Å². The van der Waals surface area contributed by atoms with E-state index in [0.29, 0.717) is 6.20 Å². The summed E-state index contributed by atoms with van der Waals surface area (Å²) < 4.78 is 37.4. The number of aromatic carboxylic acids is 1. The van der Waals surface area contributed by atoms with E-state index < -0.39 is 17.8 Å². The number of halogens is 3. The van der Waals surface area contributed by atoms with Crippen LogP contribution in [0, 0.1) is 0 Å². The second-order valence-corrected chi connectivity index (χ2v) is 3.52. The van der Waals surface area contributed by atoms with E-state index in [4.69, 9.17) is 5.11 Å². The molecule has 2 aromatic heterocycles. The third-order valence-corrected chi connectivity index (χ3v) is 2.20. The largest absolute Gasteiger partial charge is 0.477 e. The van der Waals surface area contributed by atoms with Crippen LogP contribution in [0.2, 0.25) is 0 Å².